The van der Waals surface area contributed by atoms with Crippen molar-refractivity contribution in [1.82, 2.24) is 5.32 Å². The molecule has 1 heterocycles. The number of rotatable bonds is 4. The summed E-state index contributed by atoms with van der Waals surface area (Å²) in [4.78, 5) is 12.6. The third-order valence-corrected chi connectivity index (χ3v) is 3.64. The van der Waals surface area contributed by atoms with Gasteiger partial charge >= 0.3 is 0 Å². The van der Waals surface area contributed by atoms with Crippen LogP contribution in [0.3, 0.4) is 0 Å². The fraction of sp³-hybridized carbons (Fsp3) is 0.500. The number of nitrogens with zero attached hydrogens (tertiary/aromatic N) is 3. The zero-order valence-electron chi connectivity index (χ0n) is 11.5. The van der Waals surface area contributed by atoms with Crippen LogP contribution in [-0.4, -0.2) is 31.6 Å². The minimum absolute atomic E-state index is 0.00433. The molecule has 1 atom stereocenters. The number of nitro groups is 1. The van der Waals surface area contributed by atoms with Crippen LogP contribution in [0.25, 0.3) is 0 Å². The lowest BCUT2D eigenvalue weighted by atomic mass is 9.99. The fourth-order valence-corrected chi connectivity index (χ4v) is 2.63. The molecule has 20 heavy (non-hydrogen) atoms. The van der Waals surface area contributed by atoms with Crippen molar-refractivity contribution in [3.63, 3.8) is 0 Å². The molecule has 2 rings (SSSR count). The topological polar surface area (TPSA) is 82.2 Å². The van der Waals surface area contributed by atoms with Gasteiger partial charge in [-0.2, -0.15) is 5.26 Å². The van der Waals surface area contributed by atoms with Crippen molar-refractivity contribution in [2.75, 3.05) is 31.6 Å². The van der Waals surface area contributed by atoms with E-state index in [1.807, 2.05) is 18.0 Å². The van der Waals surface area contributed by atoms with Crippen molar-refractivity contribution in [2.45, 2.75) is 12.8 Å². The van der Waals surface area contributed by atoms with E-state index < -0.39 is 4.92 Å². The second-order valence-corrected chi connectivity index (χ2v) is 5.17. The van der Waals surface area contributed by atoms with Crippen LogP contribution in [-0.2, 0) is 0 Å². The number of piperidine rings is 1. The first-order valence-corrected chi connectivity index (χ1v) is 6.72. The average molecular weight is 274 g/mol. The number of anilines is 1. The van der Waals surface area contributed by atoms with Gasteiger partial charge in [0.25, 0.3) is 5.69 Å². The molecule has 1 saturated heterocycles. The molecule has 1 aliphatic rings. The SMILES string of the molecule is CN(CC1CCCNC1)c1ccc(C#N)cc1[N+](=O)[O-]. The van der Waals surface area contributed by atoms with Gasteiger partial charge in [0.15, 0.2) is 0 Å². The maximum atomic E-state index is 11.1. The minimum Gasteiger partial charge on any atom is -0.369 e. The Morgan fingerprint density at radius 2 is 2.40 bits per heavy atom. The maximum Gasteiger partial charge on any atom is 0.293 e. The molecule has 1 N–H and O–H groups in total. The molecule has 0 amide bonds. The normalized spacial score (nSPS) is 18.3. The van der Waals surface area contributed by atoms with Gasteiger partial charge in [0.1, 0.15) is 5.69 Å². The summed E-state index contributed by atoms with van der Waals surface area (Å²) in [6.45, 7) is 2.78. The Morgan fingerprint density at radius 1 is 1.60 bits per heavy atom. The van der Waals surface area contributed by atoms with Gasteiger partial charge in [-0.3, -0.25) is 10.1 Å². The minimum atomic E-state index is -0.425. The predicted molar refractivity (Wildman–Crippen MR) is 76.7 cm³/mol. The van der Waals surface area contributed by atoms with Crippen LogP contribution in [0.15, 0.2) is 18.2 Å². The molecule has 0 bridgehead atoms. The van der Waals surface area contributed by atoms with Gasteiger partial charge in [-0.1, -0.05) is 0 Å². The maximum absolute atomic E-state index is 11.1. The van der Waals surface area contributed by atoms with Crippen LogP contribution in [0.1, 0.15) is 18.4 Å². The summed E-state index contributed by atoms with van der Waals surface area (Å²) >= 11 is 0. The number of benzene rings is 1. The first-order chi connectivity index (χ1) is 9.61. The Bertz CT molecular complexity index is 532. The number of nitriles is 1. The lowest BCUT2D eigenvalue weighted by molar-refractivity contribution is -0.384. The average Bonchev–Trinajstić information content (AvgIpc) is 2.47. The van der Waals surface area contributed by atoms with Crippen molar-refractivity contribution >= 4 is 11.4 Å². The highest BCUT2D eigenvalue weighted by atomic mass is 16.6. The molecule has 1 aromatic carbocycles. The van der Waals surface area contributed by atoms with Gasteiger partial charge in [-0.05, 0) is 44.0 Å². The Labute approximate surface area is 118 Å². The molecule has 6 nitrogen and oxygen atoms in total. The summed E-state index contributed by atoms with van der Waals surface area (Å²) in [7, 11) is 1.86. The summed E-state index contributed by atoms with van der Waals surface area (Å²) in [5.74, 6) is 0.504. The predicted octanol–water partition coefficient (Wildman–Crippen LogP) is 1.90. The molecule has 106 valence electrons. The summed E-state index contributed by atoms with van der Waals surface area (Å²) in [6.07, 6.45) is 2.29. The quantitative estimate of drug-likeness (QED) is 0.670. The molecule has 0 radical (unpaired) electrons. The largest absolute Gasteiger partial charge is 0.369 e. The van der Waals surface area contributed by atoms with E-state index in [9.17, 15) is 10.1 Å². The van der Waals surface area contributed by atoms with Crippen LogP contribution < -0.4 is 10.2 Å². The third kappa shape index (κ3) is 3.25. The second-order valence-electron chi connectivity index (χ2n) is 5.17. The summed E-state index contributed by atoms with van der Waals surface area (Å²) in [5, 5.41) is 23.3. The van der Waals surface area contributed by atoms with Gasteiger partial charge in [-0.25, -0.2) is 0 Å². The van der Waals surface area contributed by atoms with Crippen LogP contribution in [0.5, 0.6) is 0 Å². The van der Waals surface area contributed by atoms with Crippen molar-refractivity contribution in [3.05, 3.63) is 33.9 Å². The molecule has 1 fully saturated rings. The molecular formula is C14H18N4O2. The molecule has 6 heteroatoms. The van der Waals surface area contributed by atoms with Crippen molar-refractivity contribution in [3.8, 4) is 6.07 Å². The van der Waals surface area contributed by atoms with E-state index in [0.29, 0.717) is 17.2 Å². The number of nitro benzene ring substituents is 1. The van der Waals surface area contributed by atoms with E-state index in [-0.39, 0.29) is 5.69 Å². The van der Waals surface area contributed by atoms with E-state index in [4.69, 9.17) is 5.26 Å². The zero-order chi connectivity index (χ0) is 14.5. The Kier molecular flexibility index (Phi) is 4.53. The monoisotopic (exact) mass is 274 g/mol. The van der Waals surface area contributed by atoms with Crippen LogP contribution in [0.2, 0.25) is 0 Å². The lowest BCUT2D eigenvalue weighted by Crippen LogP contribution is -2.37. The van der Waals surface area contributed by atoms with E-state index >= 15 is 0 Å². The Morgan fingerprint density at radius 3 is 3.00 bits per heavy atom. The summed E-state index contributed by atoms with van der Waals surface area (Å²) < 4.78 is 0. The molecule has 1 unspecified atom stereocenters. The number of nitrogens with one attached hydrogen (secondary N) is 1. The summed E-state index contributed by atoms with van der Waals surface area (Å²) in [6, 6.07) is 6.56. The van der Waals surface area contributed by atoms with Crippen molar-refractivity contribution < 1.29 is 4.92 Å². The number of hydrogen-bond acceptors (Lipinski definition) is 5. The van der Waals surface area contributed by atoms with E-state index in [1.165, 1.54) is 6.07 Å². The van der Waals surface area contributed by atoms with Crippen LogP contribution in [0, 0.1) is 27.4 Å². The first kappa shape index (κ1) is 14.3. The molecule has 0 saturated carbocycles. The Balaban J connectivity index is 2.18. The van der Waals surface area contributed by atoms with Gasteiger partial charge in [0.05, 0.1) is 16.6 Å². The van der Waals surface area contributed by atoms with Gasteiger partial charge in [-0.15, -0.1) is 0 Å². The molecular weight excluding hydrogens is 256 g/mol. The molecule has 0 spiro atoms. The van der Waals surface area contributed by atoms with Gasteiger partial charge in [0.2, 0.25) is 0 Å². The Hall–Kier alpha value is -2.13. The van der Waals surface area contributed by atoms with Crippen molar-refractivity contribution in [1.29, 1.82) is 5.26 Å². The second kappa shape index (κ2) is 6.35. The van der Waals surface area contributed by atoms with Gasteiger partial charge in [0, 0.05) is 19.7 Å². The standard InChI is InChI=1S/C14H18N4O2/c1-17(10-12-3-2-6-16-9-12)13-5-4-11(8-15)7-14(13)18(19)20/h4-5,7,12,16H,2-3,6,9-10H2,1H3. The molecule has 1 aliphatic heterocycles. The van der Waals surface area contributed by atoms with E-state index in [0.717, 1.165) is 32.5 Å². The zero-order valence-corrected chi connectivity index (χ0v) is 11.5. The molecule has 1 aromatic rings. The number of hydrogen-bond donors (Lipinski definition) is 1. The van der Waals surface area contributed by atoms with E-state index in [2.05, 4.69) is 5.32 Å². The summed E-state index contributed by atoms with van der Waals surface area (Å²) in [5.41, 5.74) is 0.878. The highest BCUT2D eigenvalue weighted by Crippen LogP contribution is 2.29. The van der Waals surface area contributed by atoms with Crippen LogP contribution >= 0.6 is 0 Å². The molecule has 0 aromatic heterocycles. The smallest absolute Gasteiger partial charge is 0.293 e. The fourth-order valence-electron chi connectivity index (χ4n) is 2.63. The highest BCUT2D eigenvalue weighted by molar-refractivity contribution is 5.65. The van der Waals surface area contributed by atoms with Gasteiger partial charge < -0.3 is 10.2 Å². The highest BCUT2D eigenvalue weighted by Gasteiger charge is 2.21. The van der Waals surface area contributed by atoms with Crippen molar-refractivity contribution in [2.24, 2.45) is 5.92 Å². The first-order valence-electron chi connectivity index (χ1n) is 6.72. The third-order valence-electron chi connectivity index (χ3n) is 3.64. The lowest BCUT2D eigenvalue weighted by Gasteiger charge is -2.28. The van der Waals surface area contributed by atoms with E-state index in [1.54, 1.807) is 12.1 Å². The molecule has 0 aliphatic carbocycles. The van der Waals surface area contributed by atoms with Crippen LogP contribution in [0.4, 0.5) is 11.4 Å².